The van der Waals surface area contributed by atoms with Gasteiger partial charge in [-0.2, -0.15) is 13.2 Å². The number of rotatable bonds is 7. The molecule has 1 atom stereocenters. The van der Waals surface area contributed by atoms with Gasteiger partial charge < -0.3 is 15.2 Å². The Bertz CT molecular complexity index is 330. The van der Waals surface area contributed by atoms with Gasteiger partial charge in [-0.25, -0.2) is 0 Å². The van der Waals surface area contributed by atoms with Crippen molar-refractivity contribution < 1.29 is 22.6 Å². The Morgan fingerprint density at radius 3 is 2.33 bits per heavy atom. The van der Waals surface area contributed by atoms with Gasteiger partial charge in [-0.15, -0.1) is 0 Å². The second-order valence-electron chi connectivity index (χ2n) is 3.71. The lowest BCUT2D eigenvalue weighted by Gasteiger charge is -2.18. The first kappa shape index (κ1) is 14.8. The summed E-state index contributed by atoms with van der Waals surface area (Å²) in [6.45, 7) is -0.595. The van der Waals surface area contributed by atoms with Crippen LogP contribution in [0.15, 0.2) is 30.3 Å². The summed E-state index contributed by atoms with van der Waals surface area (Å²) < 4.78 is 47.1. The molecule has 0 saturated heterocycles. The van der Waals surface area contributed by atoms with Crippen LogP contribution in [0.1, 0.15) is 0 Å². The van der Waals surface area contributed by atoms with Crippen molar-refractivity contribution in [2.24, 2.45) is 11.7 Å². The second-order valence-corrected chi connectivity index (χ2v) is 3.71. The monoisotopic (exact) mass is 263 g/mol. The molecule has 0 heterocycles. The molecule has 2 N–H and O–H groups in total. The van der Waals surface area contributed by atoms with E-state index in [4.69, 9.17) is 15.2 Å². The summed E-state index contributed by atoms with van der Waals surface area (Å²) in [7, 11) is 0. The fourth-order valence-corrected chi connectivity index (χ4v) is 1.26. The second kappa shape index (κ2) is 7.23. The summed E-state index contributed by atoms with van der Waals surface area (Å²) in [4.78, 5) is 0. The van der Waals surface area contributed by atoms with E-state index in [1.807, 2.05) is 18.2 Å². The van der Waals surface area contributed by atoms with Crippen LogP contribution >= 0.6 is 0 Å². The zero-order chi connectivity index (χ0) is 13.4. The summed E-state index contributed by atoms with van der Waals surface area (Å²) in [5, 5.41) is 0. The molecule has 3 nitrogen and oxygen atoms in total. The normalized spacial score (nSPS) is 13.3. The lowest BCUT2D eigenvalue weighted by Crippen LogP contribution is -2.34. The quantitative estimate of drug-likeness (QED) is 0.767. The topological polar surface area (TPSA) is 44.5 Å². The van der Waals surface area contributed by atoms with Crippen molar-refractivity contribution in [2.45, 2.75) is 6.18 Å². The molecule has 0 aromatic heterocycles. The molecule has 1 rings (SSSR count). The van der Waals surface area contributed by atoms with Gasteiger partial charge in [-0.05, 0) is 12.1 Å². The fourth-order valence-electron chi connectivity index (χ4n) is 1.26. The number of nitrogens with two attached hydrogens (primary N) is 1. The van der Waals surface area contributed by atoms with Crippen molar-refractivity contribution in [3.8, 4) is 5.75 Å². The van der Waals surface area contributed by atoms with Crippen molar-refractivity contribution >= 4 is 0 Å². The van der Waals surface area contributed by atoms with Crippen LogP contribution in [0.25, 0.3) is 0 Å². The average molecular weight is 263 g/mol. The molecule has 0 fully saturated rings. The highest BCUT2D eigenvalue weighted by atomic mass is 19.4. The molecule has 18 heavy (non-hydrogen) atoms. The largest absolute Gasteiger partial charge is 0.491 e. The van der Waals surface area contributed by atoms with Gasteiger partial charge in [0, 0.05) is 6.54 Å². The van der Waals surface area contributed by atoms with Crippen LogP contribution in [0.3, 0.4) is 0 Å². The van der Waals surface area contributed by atoms with E-state index in [-0.39, 0.29) is 13.2 Å². The van der Waals surface area contributed by atoms with Crippen molar-refractivity contribution in [2.75, 3.05) is 26.4 Å². The maximum Gasteiger partial charge on any atom is 0.395 e. The fraction of sp³-hybridized carbons (Fsp3) is 0.500. The molecule has 0 bridgehead atoms. The van der Waals surface area contributed by atoms with Crippen LogP contribution in [0.5, 0.6) is 5.75 Å². The molecule has 102 valence electrons. The molecule has 6 heteroatoms. The Morgan fingerprint density at radius 1 is 1.11 bits per heavy atom. The van der Waals surface area contributed by atoms with E-state index in [0.717, 1.165) is 0 Å². The van der Waals surface area contributed by atoms with Crippen LogP contribution in [0.4, 0.5) is 13.2 Å². The predicted octanol–water partition coefficient (Wildman–Crippen LogP) is 2.22. The summed E-state index contributed by atoms with van der Waals surface area (Å²) in [5.74, 6) is -0.957. The maximum absolute atomic E-state index is 12.3. The number of hydrogen-bond acceptors (Lipinski definition) is 3. The minimum atomic E-state index is -4.31. The van der Waals surface area contributed by atoms with Gasteiger partial charge in [0.25, 0.3) is 0 Å². The minimum Gasteiger partial charge on any atom is -0.491 e. The molecular formula is C12H16F3NO2. The van der Waals surface area contributed by atoms with Crippen molar-refractivity contribution in [1.29, 1.82) is 0 Å². The van der Waals surface area contributed by atoms with Gasteiger partial charge in [0.15, 0.2) is 0 Å². The number of para-hydroxylation sites is 1. The minimum absolute atomic E-state index is 0.0987. The highest BCUT2D eigenvalue weighted by Gasteiger charge is 2.38. The van der Waals surface area contributed by atoms with Gasteiger partial charge >= 0.3 is 6.18 Å². The third-order valence-electron chi connectivity index (χ3n) is 2.31. The van der Waals surface area contributed by atoms with Crippen LogP contribution in [-0.4, -0.2) is 32.5 Å². The predicted molar refractivity (Wildman–Crippen MR) is 61.4 cm³/mol. The standard InChI is InChI=1S/C12H16F3NO2/c13-12(14,15)10(8-16)9-17-6-7-18-11-4-2-1-3-5-11/h1-5,10H,6-9,16H2. The molecule has 0 aliphatic carbocycles. The first-order valence-corrected chi connectivity index (χ1v) is 5.56. The van der Waals surface area contributed by atoms with Crippen molar-refractivity contribution in [3.63, 3.8) is 0 Å². The molecule has 0 aliphatic heterocycles. The van der Waals surface area contributed by atoms with E-state index in [1.165, 1.54) is 0 Å². The SMILES string of the molecule is NCC(COCCOc1ccccc1)C(F)(F)F. The number of hydrogen-bond donors (Lipinski definition) is 1. The summed E-state index contributed by atoms with van der Waals surface area (Å²) in [6, 6.07) is 8.99. The van der Waals surface area contributed by atoms with Gasteiger partial charge in [0.2, 0.25) is 0 Å². The lowest BCUT2D eigenvalue weighted by atomic mass is 10.1. The summed E-state index contributed by atoms with van der Waals surface area (Å²) >= 11 is 0. The number of halogens is 3. The Labute approximate surface area is 104 Å². The molecule has 1 aromatic rings. The molecule has 0 saturated carbocycles. The third kappa shape index (κ3) is 5.37. The van der Waals surface area contributed by atoms with Crippen LogP contribution < -0.4 is 10.5 Å². The van der Waals surface area contributed by atoms with E-state index in [2.05, 4.69) is 0 Å². The molecular weight excluding hydrogens is 247 g/mol. The summed E-state index contributed by atoms with van der Waals surface area (Å²) in [5.41, 5.74) is 5.03. The Balaban J connectivity index is 2.15. The number of ether oxygens (including phenoxy) is 2. The highest BCUT2D eigenvalue weighted by molar-refractivity contribution is 5.20. The molecule has 0 radical (unpaired) electrons. The lowest BCUT2D eigenvalue weighted by molar-refractivity contribution is -0.185. The van der Waals surface area contributed by atoms with Crippen molar-refractivity contribution in [3.05, 3.63) is 30.3 Å². The van der Waals surface area contributed by atoms with Gasteiger partial charge in [-0.1, -0.05) is 18.2 Å². The molecule has 0 spiro atoms. The zero-order valence-electron chi connectivity index (χ0n) is 9.82. The molecule has 1 unspecified atom stereocenters. The third-order valence-corrected chi connectivity index (χ3v) is 2.31. The number of alkyl halides is 3. The van der Waals surface area contributed by atoms with Crippen LogP contribution in [-0.2, 0) is 4.74 Å². The summed E-state index contributed by atoms with van der Waals surface area (Å²) in [6.07, 6.45) is -4.31. The Kier molecular flexibility index (Phi) is 5.94. The van der Waals surface area contributed by atoms with E-state index < -0.39 is 25.2 Å². The Hall–Kier alpha value is -1.27. The zero-order valence-corrected chi connectivity index (χ0v) is 9.82. The smallest absolute Gasteiger partial charge is 0.395 e. The van der Waals surface area contributed by atoms with E-state index >= 15 is 0 Å². The van der Waals surface area contributed by atoms with E-state index in [9.17, 15) is 13.2 Å². The average Bonchev–Trinajstić information content (AvgIpc) is 2.33. The number of benzene rings is 1. The first-order chi connectivity index (χ1) is 8.54. The Morgan fingerprint density at radius 2 is 1.78 bits per heavy atom. The maximum atomic E-state index is 12.3. The molecule has 0 aliphatic rings. The molecule has 1 aromatic carbocycles. The van der Waals surface area contributed by atoms with Crippen LogP contribution in [0, 0.1) is 5.92 Å². The highest BCUT2D eigenvalue weighted by Crippen LogP contribution is 2.25. The van der Waals surface area contributed by atoms with Gasteiger partial charge in [0.1, 0.15) is 12.4 Å². The van der Waals surface area contributed by atoms with Crippen molar-refractivity contribution in [1.82, 2.24) is 0 Å². The van der Waals surface area contributed by atoms with E-state index in [1.54, 1.807) is 12.1 Å². The van der Waals surface area contributed by atoms with Gasteiger partial charge in [0.05, 0.1) is 19.1 Å². The molecule has 0 amide bonds. The first-order valence-electron chi connectivity index (χ1n) is 5.56. The van der Waals surface area contributed by atoms with Gasteiger partial charge in [-0.3, -0.25) is 0 Å². The van der Waals surface area contributed by atoms with E-state index in [0.29, 0.717) is 5.75 Å². The van der Waals surface area contributed by atoms with Crippen LogP contribution in [0.2, 0.25) is 0 Å².